The predicted octanol–water partition coefficient (Wildman–Crippen LogP) is 7.09. The number of hydrogen-bond donors (Lipinski definition) is 2. The average molecular weight is 464 g/mol. The number of carboxylic acids is 1. The van der Waals surface area contributed by atoms with Gasteiger partial charge in [0.1, 0.15) is 5.75 Å². The first kappa shape index (κ1) is 23.7. The van der Waals surface area contributed by atoms with Gasteiger partial charge in [-0.05, 0) is 110 Å². The van der Waals surface area contributed by atoms with Crippen LogP contribution < -0.4 is 10.1 Å². The zero-order valence-corrected chi connectivity index (χ0v) is 21.2. The Morgan fingerprint density at radius 3 is 2.18 bits per heavy atom. The number of rotatable bonds is 6. The molecule has 4 aliphatic carbocycles. The Kier molecular flexibility index (Phi) is 6.16. The van der Waals surface area contributed by atoms with Crippen LogP contribution in [0.2, 0.25) is 0 Å². The molecule has 0 spiro atoms. The summed E-state index contributed by atoms with van der Waals surface area (Å²) in [6, 6.07) is 13.2. The molecule has 4 heteroatoms. The molecule has 0 aromatic heterocycles. The lowest BCUT2D eigenvalue weighted by molar-refractivity contribution is -0.156. The molecule has 4 saturated carbocycles. The summed E-state index contributed by atoms with van der Waals surface area (Å²) in [5.74, 6) is 1.21. The van der Waals surface area contributed by atoms with Crippen LogP contribution in [0.15, 0.2) is 36.4 Å². The quantitative estimate of drug-likeness (QED) is 0.480. The Morgan fingerprint density at radius 1 is 0.941 bits per heavy atom. The van der Waals surface area contributed by atoms with Crippen LogP contribution in [0.1, 0.15) is 90.5 Å². The molecule has 0 aliphatic heterocycles. The second kappa shape index (κ2) is 8.86. The number of ether oxygens (including phenoxy) is 1. The van der Waals surface area contributed by atoms with Gasteiger partial charge in [-0.25, -0.2) is 0 Å². The van der Waals surface area contributed by atoms with Gasteiger partial charge in [0.25, 0.3) is 0 Å². The zero-order valence-electron chi connectivity index (χ0n) is 21.2. The van der Waals surface area contributed by atoms with Gasteiger partial charge >= 0.3 is 5.97 Å². The van der Waals surface area contributed by atoms with Gasteiger partial charge in [0.15, 0.2) is 0 Å². The molecule has 4 fully saturated rings. The lowest BCUT2D eigenvalue weighted by Gasteiger charge is -2.51. The highest BCUT2D eigenvalue weighted by Crippen LogP contribution is 2.52. The molecule has 0 heterocycles. The van der Waals surface area contributed by atoms with Crippen molar-refractivity contribution in [1.29, 1.82) is 0 Å². The van der Waals surface area contributed by atoms with Crippen molar-refractivity contribution in [3.63, 3.8) is 0 Å². The molecule has 2 N–H and O–H groups in total. The molecule has 4 nitrogen and oxygen atoms in total. The van der Waals surface area contributed by atoms with Gasteiger partial charge in [-0.15, -0.1) is 0 Å². The van der Waals surface area contributed by atoms with E-state index in [1.54, 1.807) is 0 Å². The van der Waals surface area contributed by atoms with Crippen LogP contribution in [0.4, 0.5) is 0 Å². The molecule has 2 bridgehead atoms. The van der Waals surface area contributed by atoms with Crippen LogP contribution in [0, 0.1) is 16.7 Å². The first-order valence-corrected chi connectivity index (χ1v) is 13.3. The van der Waals surface area contributed by atoms with Crippen molar-refractivity contribution < 1.29 is 14.6 Å². The number of carboxylic acid groups (broad SMARTS) is 1. The van der Waals surface area contributed by atoms with Gasteiger partial charge in [0.2, 0.25) is 0 Å². The van der Waals surface area contributed by atoms with Crippen molar-refractivity contribution >= 4 is 16.7 Å². The van der Waals surface area contributed by atoms with Crippen molar-refractivity contribution in [2.24, 2.45) is 16.7 Å². The lowest BCUT2D eigenvalue weighted by atomic mass is 9.57. The summed E-state index contributed by atoms with van der Waals surface area (Å²) in [7, 11) is 0. The second-order valence-corrected chi connectivity index (χ2v) is 12.5. The van der Waals surface area contributed by atoms with Crippen molar-refractivity contribution in [3.05, 3.63) is 42.0 Å². The Morgan fingerprint density at radius 2 is 1.56 bits per heavy atom. The zero-order chi connectivity index (χ0) is 24.0. The maximum atomic E-state index is 11.7. The monoisotopic (exact) mass is 463 g/mol. The van der Waals surface area contributed by atoms with E-state index in [0.717, 1.165) is 69.6 Å². The summed E-state index contributed by atoms with van der Waals surface area (Å²) in [6.45, 7) is 7.92. The fourth-order valence-corrected chi connectivity index (χ4v) is 6.76. The number of aliphatic carboxylic acids is 1. The van der Waals surface area contributed by atoms with Crippen LogP contribution >= 0.6 is 0 Å². The maximum absolute atomic E-state index is 11.7. The largest absolute Gasteiger partial charge is 0.490 e. The third kappa shape index (κ3) is 4.71. The molecule has 2 aromatic carbocycles. The van der Waals surface area contributed by atoms with Crippen molar-refractivity contribution in [3.8, 4) is 5.75 Å². The number of hydrogen-bond acceptors (Lipinski definition) is 3. The smallest absolute Gasteiger partial charge is 0.309 e. The van der Waals surface area contributed by atoms with E-state index in [1.165, 1.54) is 29.2 Å². The van der Waals surface area contributed by atoms with Gasteiger partial charge < -0.3 is 15.2 Å². The van der Waals surface area contributed by atoms with Crippen molar-refractivity contribution in [2.75, 3.05) is 0 Å². The van der Waals surface area contributed by atoms with E-state index in [2.05, 4.69) is 62.5 Å². The first-order chi connectivity index (χ1) is 16.2. The SMILES string of the molecule is CC(C)(C)[C@H]1CC[C@@H](Oc2ccc3cc(CNC45CCC(C(=O)O)(CC4)CC5)ccc3c2)CC1. The third-order valence-electron chi connectivity index (χ3n) is 9.45. The highest BCUT2D eigenvalue weighted by atomic mass is 16.5. The van der Waals surface area contributed by atoms with Gasteiger partial charge in [-0.3, -0.25) is 4.79 Å². The summed E-state index contributed by atoms with van der Waals surface area (Å²) in [5, 5.41) is 15.9. The molecule has 0 unspecified atom stereocenters. The molecule has 184 valence electrons. The Bertz CT molecular complexity index is 1020. The minimum absolute atomic E-state index is 0.121. The molecular formula is C30H41NO3. The minimum atomic E-state index is -0.587. The molecule has 34 heavy (non-hydrogen) atoms. The predicted molar refractivity (Wildman–Crippen MR) is 137 cm³/mol. The van der Waals surface area contributed by atoms with Gasteiger partial charge in [0, 0.05) is 12.1 Å². The third-order valence-corrected chi connectivity index (χ3v) is 9.45. The first-order valence-electron chi connectivity index (χ1n) is 13.3. The average Bonchev–Trinajstić information content (AvgIpc) is 2.83. The summed E-state index contributed by atoms with van der Waals surface area (Å²) < 4.78 is 6.38. The number of carbonyl (C=O) groups is 1. The summed E-state index contributed by atoms with van der Waals surface area (Å²) in [6.07, 6.45) is 10.5. The van der Waals surface area contributed by atoms with Gasteiger partial charge in [-0.1, -0.05) is 39.0 Å². The standard InChI is InChI=1S/C30H41NO3/c1-28(2,3)24-7-10-25(11-8-24)34-26-9-6-22-18-21(4-5-23(22)19-26)20-31-30-15-12-29(13-16-30,14-17-30)27(32)33/h4-6,9,18-19,24-25,31H,7-8,10-17,20H2,1-3H3,(H,32,33)/t24-,25+,29?,30?. The molecule has 0 radical (unpaired) electrons. The fraction of sp³-hybridized carbons (Fsp3) is 0.633. The lowest BCUT2D eigenvalue weighted by Crippen LogP contribution is -2.56. The molecule has 0 saturated heterocycles. The van der Waals surface area contributed by atoms with E-state index in [0.29, 0.717) is 11.5 Å². The molecule has 0 amide bonds. The van der Waals surface area contributed by atoms with Crippen molar-refractivity contribution in [2.45, 2.75) is 103 Å². The summed E-state index contributed by atoms with van der Waals surface area (Å²) in [5.41, 5.74) is 1.36. The van der Waals surface area contributed by atoms with Crippen LogP contribution in [-0.4, -0.2) is 22.7 Å². The Balaban J connectivity index is 1.18. The number of nitrogens with one attached hydrogen (secondary N) is 1. The molecule has 2 aromatic rings. The normalized spacial score (nSPS) is 31.5. The van der Waals surface area contributed by atoms with E-state index in [9.17, 15) is 9.90 Å². The minimum Gasteiger partial charge on any atom is -0.490 e. The summed E-state index contributed by atoms with van der Waals surface area (Å²) >= 11 is 0. The van der Waals surface area contributed by atoms with Crippen LogP contribution in [0.3, 0.4) is 0 Å². The number of fused-ring (bicyclic) bond motifs is 4. The number of benzene rings is 2. The molecule has 6 rings (SSSR count). The van der Waals surface area contributed by atoms with E-state index < -0.39 is 11.4 Å². The Labute approximate surface area is 204 Å². The summed E-state index contributed by atoms with van der Waals surface area (Å²) in [4.78, 5) is 11.7. The molecular weight excluding hydrogens is 422 g/mol. The topological polar surface area (TPSA) is 58.6 Å². The molecule has 0 atom stereocenters. The molecule has 4 aliphatic rings. The van der Waals surface area contributed by atoms with Gasteiger partial charge in [0.05, 0.1) is 11.5 Å². The van der Waals surface area contributed by atoms with Gasteiger partial charge in [-0.2, -0.15) is 0 Å². The van der Waals surface area contributed by atoms with E-state index in [-0.39, 0.29) is 5.54 Å². The van der Waals surface area contributed by atoms with Crippen LogP contribution in [0.25, 0.3) is 10.8 Å². The van der Waals surface area contributed by atoms with Crippen LogP contribution in [0.5, 0.6) is 5.75 Å². The van der Waals surface area contributed by atoms with E-state index in [1.807, 2.05) is 0 Å². The highest BCUT2D eigenvalue weighted by Gasteiger charge is 2.52. The second-order valence-electron chi connectivity index (χ2n) is 12.5. The highest BCUT2D eigenvalue weighted by molar-refractivity contribution is 5.84. The Hall–Kier alpha value is -2.07. The maximum Gasteiger partial charge on any atom is 0.309 e. The van der Waals surface area contributed by atoms with Crippen LogP contribution in [-0.2, 0) is 11.3 Å². The van der Waals surface area contributed by atoms with E-state index >= 15 is 0 Å². The van der Waals surface area contributed by atoms with Crippen molar-refractivity contribution in [1.82, 2.24) is 5.32 Å². The fourth-order valence-electron chi connectivity index (χ4n) is 6.76. The van der Waals surface area contributed by atoms with E-state index in [4.69, 9.17) is 4.74 Å².